The molecule has 2 atom stereocenters. The van der Waals surface area contributed by atoms with Crippen molar-refractivity contribution in [2.24, 2.45) is 0 Å². The molecule has 0 amide bonds. The van der Waals surface area contributed by atoms with Gasteiger partial charge in [-0.25, -0.2) is 12.9 Å². The lowest BCUT2D eigenvalue weighted by Crippen LogP contribution is -2.46. The van der Waals surface area contributed by atoms with Crippen molar-refractivity contribution in [2.75, 3.05) is 48.7 Å². The molecule has 0 spiro atoms. The summed E-state index contributed by atoms with van der Waals surface area (Å²) < 4.78 is 68.3. The number of thiophene rings is 1. The molecular weight excluding hydrogens is 546 g/mol. The van der Waals surface area contributed by atoms with Crippen molar-refractivity contribution in [1.82, 2.24) is 4.31 Å². The van der Waals surface area contributed by atoms with Crippen LogP contribution in [0.4, 0.5) is 28.9 Å². The van der Waals surface area contributed by atoms with E-state index in [2.05, 4.69) is 0 Å². The molecule has 0 radical (unpaired) electrons. The summed E-state index contributed by atoms with van der Waals surface area (Å²) in [6, 6.07) is 15.9. The first kappa shape index (κ1) is 29.4. The van der Waals surface area contributed by atoms with E-state index in [1.165, 1.54) is 35.6 Å². The minimum Gasteiger partial charge on any atom is -0.376 e. The van der Waals surface area contributed by atoms with Gasteiger partial charge in [0.15, 0.2) is 5.60 Å². The van der Waals surface area contributed by atoms with Crippen LogP contribution in [0.1, 0.15) is 12.5 Å². The number of benzene rings is 2. The van der Waals surface area contributed by atoms with Gasteiger partial charge in [-0.05, 0) is 60.3 Å². The maximum atomic E-state index is 12.9. The van der Waals surface area contributed by atoms with Crippen LogP contribution in [-0.2, 0) is 16.6 Å². The highest BCUT2D eigenvalue weighted by atomic mass is 32.2. The maximum absolute atomic E-state index is 12.9. The lowest BCUT2D eigenvalue weighted by Gasteiger charge is -2.35. The second kappa shape index (κ2) is 12.6. The fourth-order valence-corrected chi connectivity index (χ4v) is 6.06. The van der Waals surface area contributed by atoms with E-state index in [0.717, 1.165) is 22.5 Å². The standard InChI is InChI=1S/C17H19F3N2O2S2.C8H10FNS/c1-16(23,17(18,19)20)13-4-6-14(7-5-13)21-8-10-22(11-9-21)26(24)15-3-2-12-25-15;1-10(11-2)8-5-3-7(9)4-6-8/h2-7,12,23H,8-11H2,1H3;3-6H,1-2H3. The molecule has 1 saturated heterocycles. The van der Waals surface area contributed by atoms with Gasteiger partial charge in [-0.2, -0.15) is 13.2 Å². The lowest BCUT2D eigenvalue weighted by atomic mass is 9.95. The zero-order valence-electron chi connectivity index (χ0n) is 20.6. The van der Waals surface area contributed by atoms with Crippen molar-refractivity contribution >= 4 is 45.6 Å². The van der Waals surface area contributed by atoms with E-state index in [4.69, 9.17) is 0 Å². The smallest absolute Gasteiger partial charge is 0.376 e. The van der Waals surface area contributed by atoms with Crippen molar-refractivity contribution in [3.05, 3.63) is 77.4 Å². The number of alkyl halides is 3. The molecule has 1 fully saturated rings. The van der Waals surface area contributed by atoms with Crippen LogP contribution in [0.5, 0.6) is 0 Å². The van der Waals surface area contributed by atoms with E-state index in [0.29, 0.717) is 26.2 Å². The van der Waals surface area contributed by atoms with Crippen LogP contribution in [0.15, 0.2) is 70.3 Å². The van der Waals surface area contributed by atoms with E-state index < -0.39 is 22.8 Å². The molecular formula is C25H29F4N3O2S3. The van der Waals surface area contributed by atoms with Crippen molar-refractivity contribution in [3.63, 3.8) is 0 Å². The first-order valence-corrected chi connectivity index (χ1v) is 14.5. The van der Waals surface area contributed by atoms with E-state index in [1.807, 2.05) is 44.3 Å². The predicted octanol–water partition coefficient (Wildman–Crippen LogP) is 5.90. The van der Waals surface area contributed by atoms with Crippen LogP contribution in [0.2, 0.25) is 0 Å². The van der Waals surface area contributed by atoms with Crippen LogP contribution in [-0.4, -0.2) is 59.3 Å². The van der Waals surface area contributed by atoms with Crippen LogP contribution >= 0.6 is 23.3 Å². The third-order valence-electron chi connectivity index (χ3n) is 5.95. The lowest BCUT2D eigenvalue weighted by molar-refractivity contribution is -0.258. The highest BCUT2D eigenvalue weighted by molar-refractivity contribution is 7.99. The van der Waals surface area contributed by atoms with Crippen LogP contribution in [0.3, 0.4) is 0 Å². The van der Waals surface area contributed by atoms with Gasteiger partial charge in [-0.1, -0.05) is 30.1 Å². The van der Waals surface area contributed by atoms with Crippen molar-refractivity contribution in [1.29, 1.82) is 0 Å². The number of nitrogens with zero attached hydrogens (tertiary/aromatic N) is 3. The fourth-order valence-electron chi connectivity index (χ4n) is 3.52. The summed E-state index contributed by atoms with van der Waals surface area (Å²) in [6.07, 6.45) is -2.75. The Balaban J connectivity index is 0.000000289. The Morgan fingerprint density at radius 3 is 2.08 bits per heavy atom. The minimum atomic E-state index is -4.73. The Hall–Kier alpha value is -2.12. The Bertz CT molecular complexity index is 1130. The molecule has 1 aromatic heterocycles. The third kappa shape index (κ3) is 7.47. The van der Waals surface area contributed by atoms with Gasteiger partial charge in [0.1, 0.15) is 21.0 Å². The second-order valence-electron chi connectivity index (χ2n) is 8.37. The number of rotatable bonds is 6. The van der Waals surface area contributed by atoms with Gasteiger partial charge in [-0.3, -0.25) is 0 Å². The van der Waals surface area contributed by atoms with Crippen molar-refractivity contribution in [2.45, 2.75) is 22.9 Å². The van der Waals surface area contributed by atoms with Crippen LogP contribution < -0.4 is 9.21 Å². The number of hydrogen-bond acceptors (Lipinski definition) is 6. The highest BCUT2D eigenvalue weighted by Gasteiger charge is 2.51. The average molecular weight is 576 g/mol. The molecule has 2 unspecified atom stereocenters. The SMILES string of the molecule is CC(O)(c1ccc(N2CCN(S(=O)c3cccs3)CC2)cc1)C(F)(F)F.CSN(C)c1ccc(F)cc1. The largest absolute Gasteiger partial charge is 0.421 e. The molecule has 0 bridgehead atoms. The van der Waals surface area contributed by atoms with Crippen molar-refractivity contribution < 1.29 is 26.9 Å². The summed E-state index contributed by atoms with van der Waals surface area (Å²) in [7, 11) is 0.774. The molecule has 37 heavy (non-hydrogen) atoms. The molecule has 202 valence electrons. The molecule has 2 aromatic carbocycles. The number of halogens is 4. The van der Waals surface area contributed by atoms with Crippen LogP contribution in [0.25, 0.3) is 0 Å². The van der Waals surface area contributed by atoms with Gasteiger partial charge in [0.05, 0.1) is 0 Å². The summed E-state index contributed by atoms with van der Waals surface area (Å²) in [5, 5.41) is 11.6. The minimum absolute atomic E-state index is 0.189. The van der Waals surface area contributed by atoms with E-state index in [1.54, 1.807) is 36.2 Å². The molecule has 0 saturated carbocycles. The molecule has 3 aromatic rings. The molecule has 1 N–H and O–H groups in total. The van der Waals surface area contributed by atoms with Gasteiger partial charge in [0.25, 0.3) is 0 Å². The Morgan fingerprint density at radius 1 is 1.00 bits per heavy atom. The molecule has 12 heteroatoms. The van der Waals surface area contributed by atoms with Gasteiger partial charge in [0, 0.05) is 50.9 Å². The van der Waals surface area contributed by atoms with Gasteiger partial charge in [0.2, 0.25) is 0 Å². The summed E-state index contributed by atoms with van der Waals surface area (Å²) in [4.78, 5) is 2.04. The molecule has 5 nitrogen and oxygen atoms in total. The molecule has 0 aliphatic carbocycles. The summed E-state index contributed by atoms with van der Waals surface area (Å²) in [6.45, 7) is 3.22. The van der Waals surface area contributed by atoms with E-state index in [-0.39, 0.29) is 11.4 Å². The number of anilines is 2. The number of piperazine rings is 1. The zero-order chi connectivity index (χ0) is 27.2. The summed E-state index contributed by atoms with van der Waals surface area (Å²) in [5.41, 5.74) is -1.26. The topological polar surface area (TPSA) is 47.0 Å². The second-order valence-corrected chi connectivity index (χ2v) is 11.9. The highest BCUT2D eigenvalue weighted by Crippen LogP contribution is 2.39. The Kier molecular flexibility index (Phi) is 10.0. The first-order valence-electron chi connectivity index (χ1n) is 11.3. The molecule has 4 rings (SSSR count). The van der Waals surface area contributed by atoms with Gasteiger partial charge < -0.3 is 14.3 Å². The molecule has 1 aliphatic rings. The Labute approximate surface area is 225 Å². The van der Waals surface area contributed by atoms with Crippen LogP contribution in [0, 0.1) is 5.82 Å². The van der Waals surface area contributed by atoms with Gasteiger partial charge in [-0.15, -0.1) is 11.3 Å². The fraction of sp³-hybridized carbons (Fsp3) is 0.360. The maximum Gasteiger partial charge on any atom is 0.421 e. The quantitative estimate of drug-likeness (QED) is 0.293. The zero-order valence-corrected chi connectivity index (χ0v) is 23.1. The molecule has 2 heterocycles. The monoisotopic (exact) mass is 575 g/mol. The molecule has 1 aliphatic heterocycles. The average Bonchev–Trinajstić information content (AvgIpc) is 3.43. The number of aliphatic hydroxyl groups is 1. The van der Waals surface area contributed by atoms with E-state index >= 15 is 0 Å². The summed E-state index contributed by atoms with van der Waals surface area (Å²) in [5.74, 6) is -0.191. The van der Waals surface area contributed by atoms with Gasteiger partial charge >= 0.3 is 6.18 Å². The Morgan fingerprint density at radius 2 is 1.59 bits per heavy atom. The number of hydrogen-bond donors (Lipinski definition) is 1. The van der Waals surface area contributed by atoms with E-state index in [9.17, 15) is 26.9 Å². The normalized spacial score (nSPS) is 16.9. The predicted molar refractivity (Wildman–Crippen MR) is 145 cm³/mol. The first-order chi connectivity index (χ1) is 17.4. The summed E-state index contributed by atoms with van der Waals surface area (Å²) >= 11 is 3.05. The van der Waals surface area contributed by atoms with Crippen molar-refractivity contribution in [3.8, 4) is 0 Å². The third-order valence-corrected chi connectivity index (χ3v) is 9.40.